The van der Waals surface area contributed by atoms with Crippen molar-refractivity contribution in [2.45, 2.75) is 51.7 Å². The monoisotopic (exact) mass is 331 g/mol. The van der Waals surface area contributed by atoms with Crippen LogP contribution in [-0.2, 0) is 4.74 Å². The lowest BCUT2D eigenvalue weighted by Crippen LogP contribution is -2.45. The molecular formula is C19H29N3O2. The quantitative estimate of drug-likeness (QED) is 0.898. The number of hydrogen-bond acceptors (Lipinski definition) is 3. The molecule has 3 rings (SSSR count). The Morgan fingerprint density at radius 2 is 1.58 bits per heavy atom. The van der Waals surface area contributed by atoms with E-state index in [1.165, 1.54) is 18.5 Å². The summed E-state index contributed by atoms with van der Waals surface area (Å²) in [4.78, 5) is 16.7. The normalized spacial score (nSPS) is 25.2. The first-order valence-electron chi connectivity index (χ1n) is 9.18. The molecule has 2 heterocycles. The number of urea groups is 1. The third kappa shape index (κ3) is 4.41. The maximum atomic E-state index is 12.4. The number of ether oxygens (including phenoxy) is 1. The van der Waals surface area contributed by atoms with Crippen molar-refractivity contribution in [1.29, 1.82) is 0 Å². The molecule has 5 nitrogen and oxygen atoms in total. The van der Waals surface area contributed by atoms with Crippen molar-refractivity contribution in [3.05, 3.63) is 24.3 Å². The van der Waals surface area contributed by atoms with E-state index in [9.17, 15) is 4.79 Å². The molecule has 0 spiro atoms. The predicted octanol–water partition coefficient (Wildman–Crippen LogP) is 3.71. The topological polar surface area (TPSA) is 44.8 Å². The van der Waals surface area contributed by atoms with Gasteiger partial charge in [-0.05, 0) is 51.0 Å². The van der Waals surface area contributed by atoms with E-state index >= 15 is 0 Å². The van der Waals surface area contributed by atoms with Gasteiger partial charge < -0.3 is 19.9 Å². The summed E-state index contributed by atoms with van der Waals surface area (Å²) < 4.78 is 5.79. The fourth-order valence-corrected chi connectivity index (χ4v) is 3.62. The van der Waals surface area contributed by atoms with Crippen molar-refractivity contribution in [2.24, 2.45) is 0 Å². The number of hydrogen-bond donors (Lipinski definition) is 1. The number of amides is 2. The molecule has 132 valence electrons. The lowest BCUT2D eigenvalue weighted by atomic mass is 10.2. The molecule has 0 aromatic heterocycles. The van der Waals surface area contributed by atoms with Gasteiger partial charge in [-0.3, -0.25) is 0 Å². The molecule has 1 aromatic carbocycles. The van der Waals surface area contributed by atoms with Gasteiger partial charge in [-0.1, -0.05) is 12.8 Å². The maximum absolute atomic E-state index is 12.4. The second-order valence-electron chi connectivity index (χ2n) is 7.04. The molecule has 2 aliphatic rings. The number of rotatable bonds is 2. The fourth-order valence-electron chi connectivity index (χ4n) is 3.62. The van der Waals surface area contributed by atoms with Crippen molar-refractivity contribution in [3.63, 3.8) is 0 Å². The molecule has 5 heteroatoms. The number of nitrogens with zero attached hydrogens (tertiary/aromatic N) is 2. The number of carbonyl (C=O) groups excluding carboxylic acids is 1. The van der Waals surface area contributed by atoms with Crippen molar-refractivity contribution in [3.8, 4) is 0 Å². The van der Waals surface area contributed by atoms with Gasteiger partial charge in [0, 0.05) is 37.6 Å². The molecule has 0 bridgehead atoms. The molecule has 1 N–H and O–H groups in total. The molecule has 2 aliphatic heterocycles. The smallest absolute Gasteiger partial charge is 0.321 e. The van der Waals surface area contributed by atoms with Crippen LogP contribution in [0.15, 0.2) is 24.3 Å². The van der Waals surface area contributed by atoms with Gasteiger partial charge in [0.05, 0.1) is 12.2 Å². The van der Waals surface area contributed by atoms with Gasteiger partial charge in [-0.2, -0.15) is 0 Å². The average molecular weight is 331 g/mol. The highest BCUT2D eigenvalue weighted by Crippen LogP contribution is 2.22. The molecular weight excluding hydrogens is 302 g/mol. The van der Waals surface area contributed by atoms with Crippen LogP contribution in [-0.4, -0.2) is 49.3 Å². The zero-order valence-corrected chi connectivity index (χ0v) is 14.8. The average Bonchev–Trinajstić information content (AvgIpc) is 2.84. The highest BCUT2D eigenvalue weighted by Gasteiger charge is 2.22. The van der Waals surface area contributed by atoms with E-state index in [0.29, 0.717) is 0 Å². The summed E-state index contributed by atoms with van der Waals surface area (Å²) in [7, 11) is 0. The summed E-state index contributed by atoms with van der Waals surface area (Å²) in [6.07, 6.45) is 5.18. The van der Waals surface area contributed by atoms with Crippen LogP contribution in [0, 0.1) is 0 Å². The van der Waals surface area contributed by atoms with Gasteiger partial charge in [-0.25, -0.2) is 4.79 Å². The maximum Gasteiger partial charge on any atom is 0.321 e. The lowest BCUT2D eigenvalue weighted by molar-refractivity contribution is -0.00521. The number of nitrogens with one attached hydrogen (secondary N) is 1. The van der Waals surface area contributed by atoms with Crippen LogP contribution < -0.4 is 10.2 Å². The van der Waals surface area contributed by atoms with Crippen molar-refractivity contribution in [1.82, 2.24) is 4.90 Å². The van der Waals surface area contributed by atoms with Crippen LogP contribution >= 0.6 is 0 Å². The first-order valence-corrected chi connectivity index (χ1v) is 9.18. The standard InChI is InChI=1S/C19H29N3O2/c1-15-13-22(14-16(2)24-15)18-9-7-17(8-10-18)20-19(23)21-11-5-3-4-6-12-21/h7-10,15-16H,3-6,11-14H2,1-2H3,(H,20,23)/t15-,16+. The van der Waals surface area contributed by atoms with Gasteiger partial charge in [0.25, 0.3) is 0 Å². The van der Waals surface area contributed by atoms with Gasteiger partial charge >= 0.3 is 6.03 Å². The van der Waals surface area contributed by atoms with E-state index in [0.717, 1.165) is 44.7 Å². The minimum Gasteiger partial charge on any atom is -0.372 e. The largest absolute Gasteiger partial charge is 0.372 e. The zero-order valence-electron chi connectivity index (χ0n) is 14.8. The lowest BCUT2D eigenvalue weighted by Gasteiger charge is -2.36. The van der Waals surface area contributed by atoms with Gasteiger partial charge in [-0.15, -0.1) is 0 Å². The Bertz CT molecular complexity index is 528. The first kappa shape index (κ1) is 17.1. The Morgan fingerprint density at radius 3 is 2.17 bits per heavy atom. The van der Waals surface area contributed by atoms with Crippen LogP contribution in [0.25, 0.3) is 0 Å². The Hall–Kier alpha value is -1.75. The minimum absolute atomic E-state index is 0.0262. The van der Waals surface area contributed by atoms with Gasteiger partial charge in [0.15, 0.2) is 0 Å². The second-order valence-corrected chi connectivity index (χ2v) is 7.04. The van der Waals surface area contributed by atoms with Crippen molar-refractivity contribution < 1.29 is 9.53 Å². The van der Waals surface area contributed by atoms with Crippen LogP contribution in [0.2, 0.25) is 0 Å². The number of morpholine rings is 1. The molecule has 0 unspecified atom stereocenters. The molecule has 24 heavy (non-hydrogen) atoms. The molecule has 2 amide bonds. The summed E-state index contributed by atoms with van der Waals surface area (Å²) in [6.45, 7) is 7.77. The van der Waals surface area contributed by atoms with Gasteiger partial charge in [0.1, 0.15) is 0 Å². The van der Waals surface area contributed by atoms with Crippen LogP contribution in [0.4, 0.5) is 16.2 Å². The summed E-state index contributed by atoms with van der Waals surface area (Å²) in [5.74, 6) is 0. The molecule has 0 saturated carbocycles. The second kappa shape index (κ2) is 7.88. The first-order chi connectivity index (χ1) is 11.6. The Balaban J connectivity index is 1.58. The molecule has 2 atom stereocenters. The van der Waals surface area contributed by atoms with Crippen molar-refractivity contribution in [2.75, 3.05) is 36.4 Å². The SMILES string of the molecule is C[C@@H]1CN(c2ccc(NC(=O)N3CCCCCC3)cc2)C[C@H](C)O1. The van der Waals surface area contributed by atoms with E-state index in [4.69, 9.17) is 4.74 Å². The number of benzene rings is 1. The number of carbonyl (C=O) groups is 1. The van der Waals surface area contributed by atoms with Gasteiger partial charge in [0.2, 0.25) is 0 Å². The highest BCUT2D eigenvalue weighted by molar-refractivity contribution is 5.89. The van der Waals surface area contributed by atoms with E-state index in [2.05, 4.69) is 36.2 Å². The molecule has 2 saturated heterocycles. The Kier molecular flexibility index (Phi) is 5.61. The summed E-state index contributed by atoms with van der Waals surface area (Å²) in [5.41, 5.74) is 2.05. The summed E-state index contributed by atoms with van der Waals surface area (Å²) in [6, 6.07) is 8.19. The minimum atomic E-state index is 0.0262. The van der Waals surface area contributed by atoms with E-state index in [1.807, 2.05) is 17.0 Å². The van der Waals surface area contributed by atoms with E-state index in [-0.39, 0.29) is 18.2 Å². The van der Waals surface area contributed by atoms with Crippen LogP contribution in [0.3, 0.4) is 0 Å². The highest BCUT2D eigenvalue weighted by atomic mass is 16.5. The molecule has 0 aliphatic carbocycles. The van der Waals surface area contributed by atoms with Crippen LogP contribution in [0.5, 0.6) is 0 Å². The predicted molar refractivity (Wildman–Crippen MR) is 97.7 cm³/mol. The summed E-state index contributed by atoms with van der Waals surface area (Å²) >= 11 is 0. The van der Waals surface area contributed by atoms with E-state index < -0.39 is 0 Å². The third-order valence-electron chi connectivity index (χ3n) is 4.80. The van der Waals surface area contributed by atoms with Crippen molar-refractivity contribution >= 4 is 17.4 Å². The summed E-state index contributed by atoms with van der Waals surface area (Å²) in [5, 5.41) is 3.03. The fraction of sp³-hybridized carbons (Fsp3) is 0.632. The molecule has 2 fully saturated rings. The molecule has 0 radical (unpaired) electrons. The van der Waals surface area contributed by atoms with Crippen LogP contribution in [0.1, 0.15) is 39.5 Å². The zero-order chi connectivity index (χ0) is 16.9. The molecule has 1 aromatic rings. The Labute approximate surface area is 145 Å². The third-order valence-corrected chi connectivity index (χ3v) is 4.80. The van der Waals surface area contributed by atoms with E-state index in [1.54, 1.807) is 0 Å². The Morgan fingerprint density at radius 1 is 1.00 bits per heavy atom. The number of anilines is 2. The number of likely N-dealkylation sites (tertiary alicyclic amines) is 1.